The SMILES string of the molecule is COCC(=O)N1C[C@H]2CN(CCc3nccn3C)C[C@H]2[C@@H]1c1cccc(F)c1. The number of rotatable bonds is 6. The van der Waals surface area contributed by atoms with Crippen molar-refractivity contribution in [2.24, 2.45) is 18.9 Å². The number of methoxy groups -OCH3 is 1. The lowest BCUT2D eigenvalue weighted by molar-refractivity contribution is -0.136. The van der Waals surface area contributed by atoms with E-state index in [1.807, 2.05) is 30.4 Å². The first-order valence-corrected chi connectivity index (χ1v) is 9.79. The van der Waals surface area contributed by atoms with Gasteiger partial charge in [-0.1, -0.05) is 12.1 Å². The van der Waals surface area contributed by atoms with Crippen LogP contribution in [0.25, 0.3) is 0 Å². The van der Waals surface area contributed by atoms with Crippen molar-refractivity contribution in [1.29, 1.82) is 0 Å². The van der Waals surface area contributed by atoms with Crippen molar-refractivity contribution >= 4 is 5.91 Å². The molecule has 0 bridgehead atoms. The van der Waals surface area contributed by atoms with Crippen molar-refractivity contribution in [2.45, 2.75) is 12.5 Å². The van der Waals surface area contributed by atoms with Gasteiger partial charge < -0.3 is 19.1 Å². The van der Waals surface area contributed by atoms with E-state index in [9.17, 15) is 9.18 Å². The molecule has 2 aromatic rings. The van der Waals surface area contributed by atoms with Crippen molar-refractivity contribution in [1.82, 2.24) is 19.4 Å². The fraction of sp³-hybridized carbons (Fsp3) is 0.524. The first kappa shape index (κ1) is 19.1. The summed E-state index contributed by atoms with van der Waals surface area (Å²) in [6.07, 6.45) is 4.69. The zero-order valence-electron chi connectivity index (χ0n) is 16.4. The summed E-state index contributed by atoms with van der Waals surface area (Å²) in [6, 6.07) is 6.58. The summed E-state index contributed by atoms with van der Waals surface area (Å²) >= 11 is 0. The third kappa shape index (κ3) is 3.69. The Labute approximate surface area is 164 Å². The van der Waals surface area contributed by atoms with E-state index in [1.54, 1.807) is 12.1 Å². The highest BCUT2D eigenvalue weighted by molar-refractivity contribution is 5.78. The van der Waals surface area contributed by atoms with Crippen LogP contribution in [-0.2, 0) is 23.0 Å². The molecule has 0 radical (unpaired) electrons. The minimum Gasteiger partial charge on any atom is -0.375 e. The standard InChI is InChI=1S/C21H27FN4O2/c1-24-9-7-23-19(24)6-8-25-11-16-12-26(20(27)14-28-2)21(18(16)13-25)15-4-3-5-17(22)10-15/h3-5,7,9-10,16,18,21H,6,8,11-14H2,1-2H3/t16-,18-,21+/m1/s1. The van der Waals surface area contributed by atoms with Crippen molar-refractivity contribution in [3.63, 3.8) is 0 Å². The molecule has 0 aliphatic carbocycles. The molecule has 0 unspecified atom stereocenters. The molecule has 4 rings (SSSR count). The number of ether oxygens (including phenoxy) is 1. The molecule has 1 aromatic heterocycles. The third-order valence-electron chi connectivity index (χ3n) is 6.09. The number of imidazole rings is 1. The summed E-state index contributed by atoms with van der Waals surface area (Å²) in [7, 11) is 3.55. The molecule has 28 heavy (non-hydrogen) atoms. The lowest BCUT2D eigenvalue weighted by atomic mass is 9.89. The normalized spacial score (nSPS) is 24.7. The fourth-order valence-electron chi connectivity index (χ4n) is 4.80. The summed E-state index contributed by atoms with van der Waals surface area (Å²) in [4.78, 5) is 21.4. The van der Waals surface area contributed by atoms with Crippen LogP contribution in [0, 0.1) is 17.7 Å². The highest BCUT2D eigenvalue weighted by Gasteiger charge is 2.48. The van der Waals surface area contributed by atoms with Gasteiger partial charge in [0.2, 0.25) is 5.91 Å². The topological polar surface area (TPSA) is 50.6 Å². The Morgan fingerprint density at radius 3 is 2.89 bits per heavy atom. The Morgan fingerprint density at radius 1 is 1.32 bits per heavy atom. The molecule has 6 nitrogen and oxygen atoms in total. The van der Waals surface area contributed by atoms with Gasteiger partial charge in [-0.05, 0) is 23.6 Å². The predicted molar refractivity (Wildman–Crippen MR) is 103 cm³/mol. The summed E-state index contributed by atoms with van der Waals surface area (Å²) < 4.78 is 21.0. The molecule has 0 spiro atoms. The molecule has 150 valence electrons. The predicted octanol–water partition coefficient (Wildman–Crippen LogP) is 1.88. The van der Waals surface area contributed by atoms with Crippen LogP contribution in [0.4, 0.5) is 4.39 Å². The molecule has 2 saturated heterocycles. The van der Waals surface area contributed by atoms with E-state index in [2.05, 4.69) is 14.5 Å². The van der Waals surface area contributed by atoms with Gasteiger partial charge in [-0.2, -0.15) is 0 Å². The molecule has 3 heterocycles. The smallest absolute Gasteiger partial charge is 0.249 e. The number of nitrogens with zero attached hydrogens (tertiary/aromatic N) is 4. The maximum Gasteiger partial charge on any atom is 0.249 e. The van der Waals surface area contributed by atoms with Gasteiger partial charge in [0, 0.05) is 65.1 Å². The summed E-state index contributed by atoms with van der Waals surface area (Å²) in [5, 5.41) is 0. The number of aromatic nitrogens is 2. The van der Waals surface area contributed by atoms with Gasteiger partial charge >= 0.3 is 0 Å². The van der Waals surface area contributed by atoms with E-state index in [4.69, 9.17) is 4.74 Å². The van der Waals surface area contributed by atoms with E-state index in [0.29, 0.717) is 18.4 Å². The van der Waals surface area contributed by atoms with Crippen LogP contribution in [-0.4, -0.2) is 65.2 Å². The lowest BCUT2D eigenvalue weighted by Crippen LogP contribution is -2.38. The molecular weight excluding hydrogens is 359 g/mol. The van der Waals surface area contributed by atoms with Gasteiger partial charge in [-0.25, -0.2) is 9.37 Å². The van der Waals surface area contributed by atoms with E-state index < -0.39 is 0 Å². The van der Waals surface area contributed by atoms with E-state index in [0.717, 1.165) is 37.4 Å². The Kier molecular flexibility index (Phi) is 5.46. The summed E-state index contributed by atoms with van der Waals surface area (Å²) in [5.41, 5.74) is 0.878. The Bertz CT molecular complexity index is 839. The first-order chi connectivity index (χ1) is 13.6. The fourth-order valence-corrected chi connectivity index (χ4v) is 4.80. The second-order valence-corrected chi connectivity index (χ2v) is 7.87. The molecule has 2 aliphatic rings. The summed E-state index contributed by atoms with van der Waals surface area (Å²) in [6.45, 7) is 3.57. The van der Waals surface area contributed by atoms with Crippen molar-refractivity contribution in [2.75, 3.05) is 39.9 Å². The zero-order valence-corrected chi connectivity index (χ0v) is 16.4. The Balaban J connectivity index is 1.50. The molecule has 2 aliphatic heterocycles. The van der Waals surface area contributed by atoms with Gasteiger partial charge in [-0.3, -0.25) is 4.79 Å². The zero-order chi connectivity index (χ0) is 19.7. The Morgan fingerprint density at radius 2 is 2.18 bits per heavy atom. The van der Waals surface area contributed by atoms with Gasteiger partial charge in [-0.15, -0.1) is 0 Å². The summed E-state index contributed by atoms with van der Waals surface area (Å²) in [5.74, 6) is 1.51. The molecule has 2 fully saturated rings. The van der Waals surface area contributed by atoms with Crippen LogP contribution in [0.5, 0.6) is 0 Å². The molecule has 1 amide bonds. The van der Waals surface area contributed by atoms with Crippen LogP contribution in [0.1, 0.15) is 17.4 Å². The average Bonchev–Trinajstić information content (AvgIpc) is 3.34. The number of likely N-dealkylation sites (tertiary alicyclic amines) is 2. The van der Waals surface area contributed by atoms with Crippen LogP contribution in [0.3, 0.4) is 0 Å². The molecule has 7 heteroatoms. The van der Waals surface area contributed by atoms with Crippen molar-refractivity contribution < 1.29 is 13.9 Å². The number of halogens is 1. The second kappa shape index (κ2) is 8.01. The molecule has 3 atom stereocenters. The number of carbonyl (C=O) groups excluding carboxylic acids is 1. The second-order valence-electron chi connectivity index (χ2n) is 7.87. The average molecular weight is 386 g/mol. The van der Waals surface area contributed by atoms with Gasteiger partial charge in [0.05, 0.1) is 6.04 Å². The number of benzene rings is 1. The third-order valence-corrected chi connectivity index (χ3v) is 6.09. The number of amides is 1. The first-order valence-electron chi connectivity index (χ1n) is 9.79. The maximum absolute atomic E-state index is 13.9. The minimum absolute atomic E-state index is 0.0225. The number of aryl methyl sites for hydroxylation is 1. The number of hydrogen-bond acceptors (Lipinski definition) is 4. The largest absolute Gasteiger partial charge is 0.375 e. The highest BCUT2D eigenvalue weighted by atomic mass is 19.1. The molecule has 0 N–H and O–H groups in total. The van der Waals surface area contributed by atoms with Crippen LogP contribution in [0.15, 0.2) is 36.7 Å². The molecule has 0 saturated carbocycles. The van der Waals surface area contributed by atoms with Gasteiger partial charge in [0.25, 0.3) is 0 Å². The number of fused-ring (bicyclic) bond motifs is 1. The Hall–Kier alpha value is -2.25. The maximum atomic E-state index is 13.9. The van der Waals surface area contributed by atoms with Gasteiger partial charge in [0.15, 0.2) is 0 Å². The van der Waals surface area contributed by atoms with Gasteiger partial charge in [0.1, 0.15) is 18.2 Å². The van der Waals surface area contributed by atoms with Crippen LogP contribution in [0.2, 0.25) is 0 Å². The monoisotopic (exact) mass is 386 g/mol. The van der Waals surface area contributed by atoms with Crippen molar-refractivity contribution in [3.8, 4) is 0 Å². The highest BCUT2D eigenvalue weighted by Crippen LogP contribution is 2.45. The van der Waals surface area contributed by atoms with E-state index in [1.165, 1.54) is 13.2 Å². The van der Waals surface area contributed by atoms with Crippen LogP contribution >= 0.6 is 0 Å². The quantitative estimate of drug-likeness (QED) is 0.761. The number of hydrogen-bond donors (Lipinski definition) is 0. The van der Waals surface area contributed by atoms with Crippen molar-refractivity contribution in [3.05, 3.63) is 53.9 Å². The lowest BCUT2D eigenvalue weighted by Gasteiger charge is -2.30. The van der Waals surface area contributed by atoms with E-state index >= 15 is 0 Å². The number of carbonyl (C=O) groups is 1. The van der Waals surface area contributed by atoms with E-state index in [-0.39, 0.29) is 24.4 Å². The van der Waals surface area contributed by atoms with Crippen LogP contribution < -0.4 is 0 Å². The molecule has 1 aromatic carbocycles. The molecular formula is C21H27FN4O2. The minimum atomic E-state index is -0.260.